The van der Waals surface area contributed by atoms with E-state index in [4.69, 9.17) is 5.73 Å². The van der Waals surface area contributed by atoms with E-state index in [9.17, 15) is 23.1 Å². The number of rotatable bonds is 6. The van der Waals surface area contributed by atoms with Gasteiger partial charge in [0.05, 0.1) is 12.3 Å². The molecule has 0 aliphatic heterocycles. The van der Waals surface area contributed by atoms with E-state index in [2.05, 4.69) is 25.6 Å². The second-order valence-corrected chi connectivity index (χ2v) is 10.4. The third-order valence-electron chi connectivity index (χ3n) is 7.67. The third kappa shape index (κ3) is 5.07. The molecule has 198 valence electrons. The number of aromatic nitrogens is 4. The minimum absolute atomic E-state index is 0.0172. The standard InChI is InChI=1S/C25H30F3N7O2/c1-25(22(29)37)7-5-15(6-8-25)35-21-19(12-30-23(34-21)31-14-3-2-4-16(36)11-14)32-24(35)33-20-17(27)9-13(26)10-18(20)28/h9-10,12,14-16,36H,2-8,11H2,1H3,(H2,29,37)(H,32,33)(H,30,31,34)/t14?,15?,16-,25?/m1/s1. The Bertz CT molecular complexity index is 1300. The molecule has 12 heteroatoms. The second-order valence-electron chi connectivity index (χ2n) is 10.4. The van der Waals surface area contributed by atoms with Crippen molar-refractivity contribution < 1.29 is 23.1 Å². The van der Waals surface area contributed by atoms with Gasteiger partial charge in [-0.1, -0.05) is 6.92 Å². The molecular weight excluding hydrogens is 487 g/mol. The number of aliphatic hydroxyl groups excluding tert-OH is 1. The molecule has 0 saturated heterocycles. The van der Waals surface area contributed by atoms with Gasteiger partial charge in [-0.25, -0.2) is 23.1 Å². The maximum atomic E-state index is 14.5. The summed E-state index contributed by atoms with van der Waals surface area (Å²) in [7, 11) is 0. The number of nitrogens with zero attached hydrogens (tertiary/aromatic N) is 4. The first-order valence-electron chi connectivity index (χ1n) is 12.5. The molecule has 5 N–H and O–H groups in total. The number of amides is 1. The monoisotopic (exact) mass is 517 g/mol. The van der Waals surface area contributed by atoms with Gasteiger partial charge in [-0.05, 0) is 51.4 Å². The molecule has 1 aromatic carbocycles. The van der Waals surface area contributed by atoms with Gasteiger partial charge in [-0.3, -0.25) is 9.36 Å². The Balaban J connectivity index is 1.52. The van der Waals surface area contributed by atoms with E-state index in [-0.39, 0.29) is 30.0 Å². The quantitative estimate of drug-likeness (QED) is 0.383. The van der Waals surface area contributed by atoms with E-state index < -0.39 is 28.6 Å². The number of hydrogen-bond donors (Lipinski definition) is 4. The number of nitrogens with two attached hydrogens (primary N) is 1. The lowest BCUT2D eigenvalue weighted by Crippen LogP contribution is -2.38. The Hall–Kier alpha value is -3.41. The molecule has 1 amide bonds. The van der Waals surface area contributed by atoms with Crippen LogP contribution in [0, 0.1) is 22.9 Å². The van der Waals surface area contributed by atoms with Crippen LogP contribution in [0.2, 0.25) is 0 Å². The summed E-state index contributed by atoms with van der Waals surface area (Å²) in [6, 6.07) is 1.02. The van der Waals surface area contributed by atoms with E-state index >= 15 is 0 Å². The molecule has 2 aliphatic rings. The lowest BCUT2D eigenvalue weighted by Gasteiger charge is -2.35. The Morgan fingerprint density at radius 3 is 2.49 bits per heavy atom. The fraction of sp³-hybridized carbons (Fsp3) is 0.520. The van der Waals surface area contributed by atoms with Crippen molar-refractivity contribution in [2.75, 3.05) is 10.6 Å². The summed E-state index contributed by atoms with van der Waals surface area (Å²) in [6.07, 6.45) is 6.46. The summed E-state index contributed by atoms with van der Waals surface area (Å²) in [5.74, 6) is -3.08. The maximum Gasteiger partial charge on any atom is 0.224 e. The van der Waals surface area contributed by atoms with Gasteiger partial charge >= 0.3 is 0 Å². The van der Waals surface area contributed by atoms with Crippen molar-refractivity contribution >= 4 is 34.7 Å². The van der Waals surface area contributed by atoms with Gasteiger partial charge in [0, 0.05) is 29.6 Å². The molecule has 37 heavy (non-hydrogen) atoms. The fourth-order valence-corrected chi connectivity index (χ4v) is 5.39. The Labute approximate surface area is 211 Å². The molecule has 9 nitrogen and oxygen atoms in total. The number of primary amides is 1. The summed E-state index contributed by atoms with van der Waals surface area (Å²) < 4.78 is 44.2. The summed E-state index contributed by atoms with van der Waals surface area (Å²) in [6.45, 7) is 1.84. The first-order chi connectivity index (χ1) is 17.6. The molecule has 2 fully saturated rings. The van der Waals surface area contributed by atoms with Crippen LogP contribution in [0.3, 0.4) is 0 Å². The number of hydrogen-bond acceptors (Lipinski definition) is 7. The normalized spacial score (nSPS) is 26.2. The van der Waals surface area contributed by atoms with Crippen LogP contribution in [0.15, 0.2) is 18.3 Å². The van der Waals surface area contributed by atoms with Crippen LogP contribution in [0.25, 0.3) is 11.2 Å². The largest absolute Gasteiger partial charge is 0.393 e. The molecule has 0 bridgehead atoms. The number of fused-ring (bicyclic) bond motifs is 1. The molecule has 2 saturated carbocycles. The van der Waals surface area contributed by atoms with Crippen LogP contribution in [0.5, 0.6) is 0 Å². The van der Waals surface area contributed by atoms with Crippen molar-refractivity contribution in [3.63, 3.8) is 0 Å². The number of carbonyl (C=O) groups excluding carboxylic acids is 1. The first kappa shape index (κ1) is 25.2. The Morgan fingerprint density at radius 1 is 1.14 bits per heavy atom. The van der Waals surface area contributed by atoms with Crippen LogP contribution in [0.4, 0.5) is 30.8 Å². The number of halogens is 3. The second kappa shape index (κ2) is 9.81. The van der Waals surface area contributed by atoms with Crippen LogP contribution in [0.1, 0.15) is 64.3 Å². The highest BCUT2D eigenvalue weighted by atomic mass is 19.1. The van der Waals surface area contributed by atoms with E-state index in [1.165, 1.54) is 6.20 Å². The highest BCUT2D eigenvalue weighted by molar-refractivity contribution is 5.80. The molecule has 2 heterocycles. The predicted molar refractivity (Wildman–Crippen MR) is 132 cm³/mol. The van der Waals surface area contributed by atoms with Crippen LogP contribution in [-0.2, 0) is 4.79 Å². The number of benzene rings is 1. The average Bonchev–Trinajstić information content (AvgIpc) is 3.19. The van der Waals surface area contributed by atoms with Gasteiger partial charge in [0.15, 0.2) is 17.3 Å². The first-order valence-corrected chi connectivity index (χ1v) is 12.5. The number of aliphatic hydroxyl groups is 1. The average molecular weight is 518 g/mol. The van der Waals surface area contributed by atoms with E-state index in [0.29, 0.717) is 61.3 Å². The van der Waals surface area contributed by atoms with Crippen molar-refractivity contribution in [1.29, 1.82) is 0 Å². The minimum Gasteiger partial charge on any atom is -0.393 e. The third-order valence-corrected chi connectivity index (χ3v) is 7.67. The summed E-state index contributed by atoms with van der Waals surface area (Å²) in [5, 5.41) is 16.0. The van der Waals surface area contributed by atoms with Gasteiger partial charge in [0.25, 0.3) is 0 Å². The predicted octanol–water partition coefficient (Wildman–Crippen LogP) is 4.31. The number of imidazole rings is 1. The number of nitrogens with one attached hydrogen (secondary N) is 2. The van der Waals surface area contributed by atoms with Crippen LogP contribution < -0.4 is 16.4 Å². The van der Waals surface area contributed by atoms with E-state index in [1.54, 1.807) is 4.57 Å². The smallest absolute Gasteiger partial charge is 0.224 e. The molecular formula is C25H30F3N7O2. The maximum absolute atomic E-state index is 14.5. The lowest BCUT2D eigenvalue weighted by molar-refractivity contribution is -0.128. The topological polar surface area (TPSA) is 131 Å². The van der Waals surface area contributed by atoms with Crippen LogP contribution >= 0.6 is 0 Å². The molecule has 2 aliphatic carbocycles. The lowest BCUT2D eigenvalue weighted by atomic mass is 9.73. The van der Waals surface area contributed by atoms with Crippen molar-refractivity contribution in [3.05, 3.63) is 35.8 Å². The number of anilines is 3. The molecule has 0 radical (unpaired) electrons. The zero-order valence-corrected chi connectivity index (χ0v) is 20.5. The van der Waals surface area contributed by atoms with E-state index in [1.807, 2.05) is 6.92 Å². The summed E-state index contributed by atoms with van der Waals surface area (Å²) in [4.78, 5) is 25.5. The van der Waals surface area contributed by atoms with Gasteiger partial charge in [-0.15, -0.1) is 0 Å². The van der Waals surface area contributed by atoms with Crippen LogP contribution in [-0.4, -0.2) is 42.7 Å². The molecule has 1 unspecified atom stereocenters. The van der Waals surface area contributed by atoms with Gasteiger partial charge in [0.1, 0.15) is 17.0 Å². The Morgan fingerprint density at radius 2 is 1.84 bits per heavy atom. The minimum atomic E-state index is -1.09. The molecule has 0 spiro atoms. The zero-order valence-electron chi connectivity index (χ0n) is 20.5. The van der Waals surface area contributed by atoms with Gasteiger partial charge < -0.3 is 21.5 Å². The van der Waals surface area contributed by atoms with Crippen molar-refractivity contribution in [2.24, 2.45) is 11.1 Å². The number of carbonyl (C=O) groups is 1. The molecule has 2 aromatic heterocycles. The van der Waals surface area contributed by atoms with Crippen molar-refractivity contribution in [1.82, 2.24) is 19.5 Å². The van der Waals surface area contributed by atoms with Gasteiger partial charge in [-0.2, -0.15) is 4.98 Å². The van der Waals surface area contributed by atoms with E-state index in [0.717, 1.165) is 19.3 Å². The molecule has 3 aromatic rings. The summed E-state index contributed by atoms with van der Waals surface area (Å²) in [5.41, 5.74) is 5.31. The molecule has 5 rings (SSSR count). The van der Waals surface area contributed by atoms with Gasteiger partial charge in [0.2, 0.25) is 17.8 Å². The summed E-state index contributed by atoms with van der Waals surface area (Å²) >= 11 is 0. The highest BCUT2D eigenvalue weighted by Gasteiger charge is 2.38. The molecule has 2 atom stereocenters. The zero-order chi connectivity index (χ0) is 26.3. The SMILES string of the molecule is CC1(C(N)=O)CCC(n2c(Nc3c(F)cc(F)cc3F)nc3cnc(NC4CCC[C@@H](O)C4)nc32)CC1. The fourth-order valence-electron chi connectivity index (χ4n) is 5.39. The Kier molecular flexibility index (Phi) is 6.69. The van der Waals surface area contributed by atoms with Crippen molar-refractivity contribution in [3.8, 4) is 0 Å². The van der Waals surface area contributed by atoms with Crippen molar-refractivity contribution in [2.45, 2.75) is 76.5 Å². The highest BCUT2D eigenvalue weighted by Crippen LogP contribution is 2.43.